The smallest absolute Gasteiger partial charge is 0.310 e. The molecule has 2 amide bonds. The first-order valence-electron chi connectivity index (χ1n) is 4.35. The standard InChI is InChI=1S/C8H13N3O5/c9-1-2-10-6(15)7(16)11-8(3-12,4-13)5-14/h12-14H,2-5H2,(H,10,15)(H,11,16). The first-order chi connectivity index (χ1) is 7.55. The Labute approximate surface area is 91.5 Å². The van der Waals surface area contributed by atoms with Crippen LogP contribution in [0.2, 0.25) is 0 Å². The Hall–Kier alpha value is -1.69. The molecular weight excluding hydrogens is 218 g/mol. The second-order valence-corrected chi connectivity index (χ2v) is 3.05. The number of aliphatic hydroxyl groups is 3. The number of aliphatic hydroxyl groups excluding tert-OH is 3. The van der Waals surface area contributed by atoms with Gasteiger partial charge in [0.2, 0.25) is 0 Å². The highest BCUT2D eigenvalue weighted by atomic mass is 16.3. The second-order valence-electron chi connectivity index (χ2n) is 3.05. The predicted octanol–water partition coefficient (Wildman–Crippen LogP) is -3.54. The van der Waals surface area contributed by atoms with E-state index in [1.54, 1.807) is 6.07 Å². The van der Waals surface area contributed by atoms with Crippen molar-refractivity contribution in [1.82, 2.24) is 10.6 Å². The minimum absolute atomic E-state index is 0.337. The summed E-state index contributed by atoms with van der Waals surface area (Å²) in [6.07, 6.45) is 0. The highest BCUT2D eigenvalue weighted by molar-refractivity contribution is 6.35. The molecule has 0 aromatic heterocycles. The van der Waals surface area contributed by atoms with E-state index >= 15 is 0 Å². The van der Waals surface area contributed by atoms with Crippen LogP contribution >= 0.6 is 0 Å². The van der Waals surface area contributed by atoms with Crippen molar-refractivity contribution in [3.05, 3.63) is 0 Å². The third-order valence-corrected chi connectivity index (χ3v) is 1.82. The van der Waals surface area contributed by atoms with Crippen LogP contribution in [0.4, 0.5) is 0 Å². The number of rotatable bonds is 5. The summed E-state index contributed by atoms with van der Waals surface area (Å²) in [6, 6.07) is 1.60. The van der Waals surface area contributed by atoms with Crippen LogP contribution in [0, 0.1) is 11.3 Å². The van der Waals surface area contributed by atoms with Gasteiger partial charge in [0, 0.05) is 0 Å². The summed E-state index contributed by atoms with van der Waals surface area (Å²) >= 11 is 0. The number of hydrogen-bond acceptors (Lipinski definition) is 6. The first kappa shape index (κ1) is 14.3. The highest BCUT2D eigenvalue weighted by Crippen LogP contribution is 2.00. The van der Waals surface area contributed by atoms with Crippen LogP contribution < -0.4 is 10.6 Å². The molecule has 0 aromatic carbocycles. The molecule has 0 bridgehead atoms. The molecule has 0 aromatic rings. The summed E-state index contributed by atoms with van der Waals surface area (Å²) in [5, 5.41) is 38.7. The molecule has 0 aliphatic carbocycles. The lowest BCUT2D eigenvalue weighted by molar-refractivity contribution is -0.141. The number of carbonyl (C=O) groups excluding carboxylic acids is 2. The van der Waals surface area contributed by atoms with E-state index in [0.29, 0.717) is 0 Å². The highest BCUT2D eigenvalue weighted by Gasteiger charge is 2.32. The Kier molecular flexibility index (Phi) is 6.02. The molecule has 0 saturated heterocycles. The fourth-order valence-electron chi connectivity index (χ4n) is 0.766. The summed E-state index contributed by atoms with van der Waals surface area (Å²) in [5.74, 6) is -2.23. The van der Waals surface area contributed by atoms with Gasteiger partial charge in [0.25, 0.3) is 0 Å². The zero-order valence-electron chi connectivity index (χ0n) is 8.43. The van der Waals surface area contributed by atoms with Crippen LogP contribution in [0.5, 0.6) is 0 Å². The van der Waals surface area contributed by atoms with Gasteiger partial charge in [0.15, 0.2) is 0 Å². The van der Waals surface area contributed by atoms with E-state index in [9.17, 15) is 9.59 Å². The molecule has 0 spiro atoms. The van der Waals surface area contributed by atoms with Crippen LogP contribution in [0.25, 0.3) is 0 Å². The molecule has 0 aliphatic rings. The largest absolute Gasteiger partial charge is 0.394 e. The molecule has 0 radical (unpaired) electrons. The average Bonchev–Trinajstić information content (AvgIpc) is 2.32. The predicted molar refractivity (Wildman–Crippen MR) is 50.8 cm³/mol. The maximum atomic E-state index is 11.2. The summed E-state index contributed by atoms with van der Waals surface area (Å²) in [7, 11) is 0. The molecule has 16 heavy (non-hydrogen) atoms. The Balaban J connectivity index is 4.41. The second kappa shape index (κ2) is 6.73. The van der Waals surface area contributed by atoms with E-state index in [-0.39, 0.29) is 6.54 Å². The molecule has 0 aliphatic heterocycles. The number of amides is 2. The third kappa shape index (κ3) is 3.82. The van der Waals surface area contributed by atoms with E-state index < -0.39 is 37.2 Å². The van der Waals surface area contributed by atoms with E-state index in [0.717, 1.165) is 0 Å². The Morgan fingerprint density at radius 2 is 1.62 bits per heavy atom. The topological polar surface area (TPSA) is 143 Å². The zero-order valence-corrected chi connectivity index (χ0v) is 8.43. The van der Waals surface area contributed by atoms with Crippen molar-refractivity contribution in [2.24, 2.45) is 0 Å². The van der Waals surface area contributed by atoms with Crippen LogP contribution in [-0.4, -0.2) is 59.0 Å². The van der Waals surface area contributed by atoms with Crippen LogP contribution in [-0.2, 0) is 9.59 Å². The lowest BCUT2D eigenvalue weighted by Crippen LogP contribution is -2.59. The van der Waals surface area contributed by atoms with Crippen molar-refractivity contribution in [3.63, 3.8) is 0 Å². The lowest BCUT2D eigenvalue weighted by atomic mass is 10.0. The Morgan fingerprint density at radius 3 is 2.00 bits per heavy atom. The SMILES string of the molecule is N#CCNC(=O)C(=O)NC(CO)(CO)CO. The van der Waals surface area contributed by atoms with Crippen molar-refractivity contribution in [2.75, 3.05) is 26.4 Å². The molecule has 8 nitrogen and oxygen atoms in total. The summed E-state index contributed by atoms with van der Waals surface area (Å²) < 4.78 is 0. The van der Waals surface area contributed by atoms with Gasteiger partial charge in [-0.25, -0.2) is 0 Å². The Morgan fingerprint density at radius 1 is 1.12 bits per heavy atom. The van der Waals surface area contributed by atoms with Crippen molar-refractivity contribution in [3.8, 4) is 6.07 Å². The first-order valence-corrected chi connectivity index (χ1v) is 4.35. The van der Waals surface area contributed by atoms with E-state index in [4.69, 9.17) is 20.6 Å². The fraction of sp³-hybridized carbons (Fsp3) is 0.625. The van der Waals surface area contributed by atoms with E-state index in [2.05, 4.69) is 0 Å². The van der Waals surface area contributed by atoms with Crippen LogP contribution in [0.1, 0.15) is 0 Å². The van der Waals surface area contributed by atoms with Crippen molar-refractivity contribution >= 4 is 11.8 Å². The van der Waals surface area contributed by atoms with Crippen LogP contribution in [0.3, 0.4) is 0 Å². The summed E-state index contributed by atoms with van der Waals surface area (Å²) in [6.45, 7) is -2.51. The van der Waals surface area contributed by atoms with Gasteiger partial charge in [-0.3, -0.25) is 9.59 Å². The van der Waals surface area contributed by atoms with E-state index in [1.165, 1.54) is 0 Å². The zero-order chi connectivity index (χ0) is 12.6. The van der Waals surface area contributed by atoms with Crippen molar-refractivity contribution < 1.29 is 24.9 Å². The fourth-order valence-corrected chi connectivity index (χ4v) is 0.766. The summed E-state index contributed by atoms with van der Waals surface area (Å²) in [4.78, 5) is 22.2. The van der Waals surface area contributed by atoms with Gasteiger partial charge >= 0.3 is 11.8 Å². The molecule has 0 heterocycles. The number of nitrogens with one attached hydrogen (secondary N) is 2. The molecule has 5 N–H and O–H groups in total. The van der Waals surface area contributed by atoms with Gasteiger partial charge in [-0.2, -0.15) is 5.26 Å². The van der Waals surface area contributed by atoms with Gasteiger partial charge in [0.05, 0.1) is 25.9 Å². The lowest BCUT2D eigenvalue weighted by Gasteiger charge is -2.28. The van der Waals surface area contributed by atoms with Gasteiger partial charge in [-0.15, -0.1) is 0 Å². The molecule has 90 valence electrons. The normalized spacial score (nSPS) is 10.4. The summed E-state index contributed by atoms with van der Waals surface area (Å²) in [5.41, 5.74) is -1.65. The van der Waals surface area contributed by atoms with Crippen LogP contribution in [0.15, 0.2) is 0 Å². The monoisotopic (exact) mass is 231 g/mol. The minimum atomic E-state index is -1.65. The maximum absolute atomic E-state index is 11.2. The van der Waals surface area contributed by atoms with Crippen molar-refractivity contribution in [2.45, 2.75) is 5.54 Å². The van der Waals surface area contributed by atoms with Gasteiger partial charge in [0.1, 0.15) is 12.1 Å². The maximum Gasteiger partial charge on any atom is 0.310 e. The molecule has 0 fully saturated rings. The van der Waals surface area contributed by atoms with Gasteiger partial charge < -0.3 is 26.0 Å². The molecule has 0 saturated carbocycles. The van der Waals surface area contributed by atoms with Gasteiger partial charge in [-0.05, 0) is 0 Å². The molecule has 0 unspecified atom stereocenters. The molecule has 0 atom stereocenters. The minimum Gasteiger partial charge on any atom is -0.394 e. The third-order valence-electron chi connectivity index (χ3n) is 1.82. The quantitative estimate of drug-likeness (QED) is 0.245. The number of carbonyl (C=O) groups is 2. The molecule has 0 rings (SSSR count). The number of nitrogens with zero attached hydrogens (tertiary/aromatic N) is 1. The van der Waals surface area contributed by atoms with E-state index in [1.807, 2.05) is 10.6 Å². The Bertz CT molecular complexity index is 286. The van der Waals surface area contributed by atoms with Gasteiger partial charge in [-0.1, -0.05) is 0 Å². The van der Waals surface area contributed by atoms with Crippen molar-refractivity contribution in [1.29, 1.82) is 5.26 Å². The average molecular weight is 231 g/mol. The molecular formula is C8H13N3O5. The molecule has 8 heteroatoms. The number of hydrogen-bond donors (Lipinski definition) is 5. The number of nitriles is 1.